The molecule has 2 heteroatoms. The zero-order valence-electron chi connectivity index (χ0n) is 12.3. The Hall–Kier alpha value is -1.15. The molecule has 21 heavy (non-hydrogen) atoms. The van der Waals surface area contributed by atoms with Crippen LogP contribution in [0, 0.1) is 22.7 Å². The molecule has 5 unspecified atom stereocenters. The fourth-order valence-corrected chi connectivity index (χ4v) is 7.07. The SMILES string of the molecule is C=C1C2CC3(C(N)=S)CC4(c5ccccc5)CC1C4(C2)C3.[HH]. The molecule has 4 aliphatic rings. The number of thiocarbonyl (C=S) groups is 1. The van der Waals surface area contributed by atoms with Crippen LogP contribution in [-0.2, 0) is 5.41 Å². The summed E-state index contributed by atoms with van der Waals surface area (Å²) in [5, 5.41) is 0. The first-order valence-corrected chi connectivity index (χ1v) is 8.48. The van der Waals surface area contributed by atoms with Gasteiger partial charge in [0.2, 0.25) is 0 Å². The summed E-state index contributed by atoms with van der Waals surface area (Å²) >= 11 is 5.54. The fourth-order valence-electron chi connectivity index (χ4n) is 6.84. The molecule has 110 valence electrons. The van der Waals surface area contributed by atoms with Gasteiger partial charge in [0.25, 0.3) is 0 Å². The Labute approximate surface area is 133 Å². The van der Waals surface area contributed by atoms with Crippen LogP contribution in [0.25, 0.3) is 0 Å². The average Bonchev–Trinajstić information content (AvgIpc) is 2.74. The second-order valence-electron chi connectivity index (χ2n) is 8.04. The van der Waals surface area contributed by atoms with E-state index in [2.05, 4.69) is 36.9 Å². The van der Waals surface area contributed by atoms with Gasteiger partial charge in [-0.2, -0.15) is 0 Å². The summed E-state index contributed by atoms with van der Waals surface area (Å²) < 4.78 is 0. The minimum Gasteiger partial charge on any atom is -0.393 e. The van der Waals surface area contributed by atoms with Crippen molar-refractivity contribution >= 4 is 17.2 Å². The molecular weight excluding hydrogens is 274 g/mol. The van der Waals surface area contributed by atoms with E-state index >= 15 is 0 Å². The van der Waals surface area contributed by atoms with Crippen LogP contribution in [0.15, 0.2) is 42.5 Å². The number of nitrogens with two attached hydrogens (primary N) is 1. The minimum absolute atomic E-state index is 0. The molecule has 3 bridgehead atoms. The van der Waals surface area contributed by atoms with Crippen LogP contribution < -0.4 is 5.73 Å². The molecule has 4 aliphatic carbocycles. The number of benzene rings is 1. The van der Waals surface area contributed by atoms with Crippen molar-refractivity contribution in [3.05, 3.63) is 48.0 Å². The molecule has 5 rings (SSSR count). The molecule has 4 fully saturated rings. The van der Waals surface area contributed by atoms with Gasteiger partial charge in [0.15, 0.2) is 0 Å². The standard InChI is InChI=1S/C19H21NS.H2/c1-12-13-7-17(16(20)21)10-18(14-5-3-2-4-6-14)9-15(12)19(18,8-13)11-17;/h2-6,13,15H,1,7-11H2,(H2,20,21);1H. The maximum Gasteiger partial charge on any atom is 0.0790 e. The van der Waals surface area contributed by atoms with E-state index in [1.165, 1.54) is 36.8 Å². The monoisotopic (exact) mass is 297 g/mol. The summed E-state index contributed by atoms with van der Waals surface area (Å²) in [5.41, 5.74) is 10.1. The lowest BCUT2D eigenvalue weighted by atomic mass is 9.44. The molecule has 1 aromatic rings. The van der Waals surface area contributed by atoms with Crippen LogP contribution in [0.2, 0.25) is 0 Å². The van der Waals surface area contributed by atoms with Crippen LogP contribution >= 0.6 is 12.2 Å². The van der Waals surface area contributed by atoms with E-state index in [1.54, 1.807) is 0 Å². The van der Waals surface area contributed by atoms with Crippen molar-refractivity contribution in [3.8, 4) is 0 Å². The first-order chi connectivity index (χ1) is 10.0. The molecule has 0 heterocycles. The Kier molecular flexibility index (Phi) is 2.02. The summed E-state index contributed by atoms with van der Waals surface area (Å²) in [5.74, 6) is 1.39. The lowest BCUT2D eigenvalue weighted by Gasteiger charge is -2.59. The largest absolute Gasteiger partial charge is 0.393 e. The Morgan fingerprint density at radius 1 is 1.19 bits per heavy atom. The molecule has 1 aromatic carbocycles. The minimum atomic E-state index is 0. The zero-order chi connectivity index (χ0) is 14.5. The van der Waals surface area contributed by atoms with Gasteiger partial charge in [0, 0.05) is 12.3 Å². The summed E-state index contributed by atoms with van der Waals surface area (Å²) in [7, 11) is 0. The lowest BCUT2D eigenvalue weighted by molar-refractivity contribution is -0.0247. The molecule has 1 spiro atoms. The van der Waals surface area contributed by atoms with Crippen LogP contribution in [0.4, 0.5) is 0 Å². The predicted molar refractivity (Wildman–Crippen MR) is 91.1 cm³/mol. The van der Waals surface area contributed by atoms with Gasteiger partial charge in [-0.25, -0.2) is 0 Å². The molecule has 0 aromatic heterocycles. The molecule has 2 N–H and O–H groups in total. The predicted octanol–water partition coefficient (Wildman–Crippen LogP) is 4.22. The fraction of sp³-hybridized carbons (Fsp3) is 0.526. The van der Waals surface area contributed by atoms with Gasteiger partial charge in [-0.3, -0.25) is 0 Å². The molecular formula is C19H23NS. The number of hydrogen-bond acceptors (Lipinski definition) is 1. The number of allylic oxidation sites excluding steroid dienone is 1. The van der Waals surface area contributed by atoms with Crippen LogP contribution in [0.5, 0.6) is 0 Å². The average molecular weight is 297 g/mol. The van der Waals surface area contributed by atoms with Crippen molar-refractivity contribution in [2.75, 3.05) is 0 Å². The van der Waals surface area contributed by atoms with Crippen molar-refractivity contribution in [1.82, 2.24) is 0 Å². The normalized spacial score (nSPS) is 49.0. The summed E-state index contributed by atoms with van der Waals surface area (Å²) in [6.45, 7) is 4.46. The van der Waals surface area contributed by atoms with E-state index in [1.807, 2.05) is 0 Å². The lowest BCUT2D eigenvalue weighted by Crippen LogP contribution is -2.55. The molecule has 0 amide bonds. The van der Waals surface area contributed by atoms with E-state index < -0.39 is 0 Å². The number of hydrogen-bond donors (Lipinski definition) is 1. The molecule has 0 aliphatic heterocycles. The van der Waals surface area contributed by atoms with Gasteiger partial charge in [-0.15, -0.1) is 0 Å². The Bertz CT molecular complexity index is 686. The topological polar surface area (TPSA) is 26.0 Å². The highest BCUT2D eigenvalue weighted by atomic mass is 32.1. The van der Waals surface area contributed by atoms with Gasteiger partial charge < -0.3 is 5.73 Å². The van der Waals surface area contributed by atoms with Crippen LogP contribution in [0.3, 0.4) is 0 Å². The Balaban J connectivity index is 0.00000125. The molecule has 5 atom stereocenters. The third-order valence-corrected chi connectivity index (χ3v) is 7.97. The van der Waals surface area contributed by atoms with Crippen LogP contribution in [-0.4, -0.2) is 4.99 Å². The van der Waals surface area contributed by atoms with E-state index in [0.29, 0.717) is 16.7 Å². The summed E-state index contributed by atoms with van der Waals surface area (Å²) in [4.78, 5) is 0.768. The van der Waals surface area contributed by atoms with E-state index in [4.69, 9.17) is 18.0 Å². The van der Waals surface area contributed by atoms with E-state index in [-0.39, 0.29) is 6.84 Å². The molecule has 1 nitrogen and oxygen atoms in total. The van der Waals surface area contributed by atoms with Gasteiger partial charge in [-0.05, 0) is 54.9 Å². The van der Waals surface area contributed by atoms with Gasteiger partial charge in [-0.1, -0.05) is 54.7 Å². The van der Waals surface area contributed by atoms with Crippen molar-refractivity contribution in [1.29, 1.82) is 0 Å². The molecule has 0 radical (unpaired) electrons. The second kappa shape index (κ2) is 3.43. The Morgan fingerprint density at radius 3 is 2.67 bits per heavy atom. The van der Waals surface area contributed by atoms with Gasteiger partial charge in [0.1, 0.15) is 0 Å². The second-order valence-corrected chi connectivity index (χ2v) is 8.48. The third-order valence-electron chi connectivity index (χ3n) is 7.54. The number of rotatable bonds is 2. The summed E-state index contributed by atoms with van der Waals surface area (Å²) in [6, 6.07) is 11.1. The van der Waals surface area contributed by atoms with Crippen LogP contribution in [0.1, 0.15) is 39.1 Å². The van der Waals surface area contributed by atoms with Crippen molar-refractivity contribution in [3.63, 3.8) is 0 Å². The quantitative estimate of drug-likeness (QED) is 0.653. The number of fused-ring (bicyclic) bond motifs is 2. The summed E-state index contributed by atoms with van der Waals surface area (Å²) in [6.07, 6.45) is 6.16. The third kappa shape index (κ3) is 1.13. The maximum atomic E-state index is 6.25. The van der Waals surface area contributed by atoms with E-state index in [9.17, 15) is 0 Å². The first kappa shape index (κ1) is 12.4. The highest BCUT2D eigenvalue weighted by Crippen LogP contribution is 2.85. The Morgan fingerprint density at radius 2 is 1.95 bits per heavy atom. The molecule has 0 saturated heterocycles. The molecule has 4 saturated carbocycles. The van der Waals surface area contributed by atoms with Gasteiger partial charge >= 0.3 is 0 Å². The van der Waals surface area contributed by atoms with Crippen molar-refractivity contribution in [2.45, 2.75) is 37.5 Å². The first-order valence-electron chi connectivity index (χ1n) is 8.07. The van der Waals surface area contributed by atoms with Gasteiger partial charge in [0.05, 0.1) is 4.99 Å². The van der Waals surface area contributed by atoms with E-state index in [0.717, 1.165) is 17.3 Å². The highest BCUT2D eigenvalue weighted by molar-refractivity contribution is 7.80. The maximum absolute atomic E-state index is 6.25. The zero-order valence-corrected chi connectivity index (χ0v) is 13.1. The highest BCUT2D eigenvalue weighted by Gasteiger charge is 2.79. The smallest absolute Gasteiger partial charge is 0.0790 e. The van der Waals surface area contributed by atoms with Crippen molar-refractivity contribution in [2.24, 2.45) is 28.4 Å². The van der Waals surface area contributed by atoms with Crippen molar-refractivity contribution < 1.29 is 1.43 Å².